The Morgan fingerprint density at radius 2 is 2.03 bits per heavy atom. The van der Waals surface area contributed by atoms with Crippen molar-refractivity contribution >= 4 is 39.5 Å². The van der Waals surface area contributed by atoms with Crippen LogP contribution in [0.3, 0.4) is 0 Å². The van der Waals surface area contributed by atoms with Gasteiger partial charge < -0.3 is 16.4 Å². The minimum absolute atomic E-state index is 0.254. The Balaban J connectivity index is 1.52. The van der Waals surface area contributed by atoms with E-state index in [4.69, 9.17) is 10.7 Å². The van der Waals surface area contributed by atoms with Crippen LogP contribution < -0.4 is 16.4 Å². The first-order valence-corrected chi connectivity index (χ1v) is 9.79. The van der Waals surface area contributed by atoms with Crippen LogP contribution in [0.4, 0.5) is 17.2 Å². The number of fused-ring (bicyclic) bond motifs is 2. The van der Waals surface area contributed by atoms with Crippen LogP contribution in [0.1, 0.15) is 6.92 Å². The molecule has 9 heteroatoms. The summed E-state index contributed by atoms with van der Waals surface area (Å²) in [5.74, 6) is 0.936. The summed E-state index contributed by atoms with van der Waals surface area (Å²) in [6.07, 6.45) is 3.65. The van der Waals surface area contributed by atoms with Gasteiger partial charge >= 0.3 is 0 Å². The lowest BCUT2D eigenvalue weighted by Crippen LogP contribution is -2.32. The predicted octanol–water partition coefficient (Wildman–Crippen LogP) is 3.30. The van der Waals surface area contributed by atoms with Crippen LogP contribution >= 0.6 is 0 Å². The second-order valence-corrected chi connectivity index (χ2v) is 7.28. The molecule has 1 atom stereocenters. The summed E-state index contributed by atoms with van der Waals surface area (Å²) >= 11 is 0. The standard InChI is InChI=1S/C22H20N8O/c1-13(23)22(31)26-16-5-2-4-14(10-16)20-27-21(19-6-3-9-30(19)29-20)25-17-7-8-18-15(11-17)12-24-28-18/h2-13H,23H2,1H3,(H,24,28)(H,26,31)(H,25,27,29)/t13-/m0/s1. The highest BCUT2D eigenvalue weighted by molar-refractivity contribution is 5.94. The van der Waals surface area contributed by atoms with E-state index in [1.165, 1.54) is 0 Å². The van der Waals surface area contributed by atoms with Gasteiger partial charge in [0.1, 0.15) is 5.52 Å². The first-order chi connectivity index (χ1) is 15.1. The summed E-state index contributed by atoms with van der Waals surface area (Å²) in [5, 5.41) is 18.8. The van der Waals surface area contributed by atoms with Crippen LogP contribution in [-0.2, 0) is 4.79 Å². The highest BCUT2D eigenvalue weighted by atomic mass is 16.2. The van der Waals surface area contributed by atoms with Crippen molar-refractivity contribution in [2.24, 2.45) is 5.73 Å². The number of carbonyl (C=O) groups excluding carboxylic acids is 1. The number of rotatable bonds is 5. The molecule has 3 aromatic heterocycles. The molecule has 0 radical (unpaired) electrons. The summed E-state index contributed by atoms with van der Waals surface area (Å²) < 4.78 is 1.77. The highest BCUT2D eigenvalue weighted by Gasteiger charge is 2.12. The number of anilines is 3. The Bertz CT molecular complexity index is 1400. The SMILES string of the molecule is C[C@H](N)C(=O)Nc1cccc(-c2nc(Nc3ccc4[nH]ncc4c3)c3cccn3n2)c1. The van der Waals surface area contributed by atoms with Gasteiger partial charge in [-0.25, -0.2) is 9.50 Å². The van der Waals surface area contributed by atoms with Gasteiger partial charge in [-0.3, -0.25) is 9.89 Å². The molecule has 3 heterocycles. The molecule has 1 amide bonds. The fourth-order valence-electron chi connectivity index (χ4n) is 3.30. The van der Waals surface area contributed by atoms with Crippen LogP contribution in [0.5, 0.6) is 0 Å². The number of H-pyrrole nitrogens is 1. The average Bonchev–Trinajstić information content (AvgIpc) is 3.42. The van der Waals surface area contributed by atoms with Crippen LogP contribution in [0, 0.1) is 0 Å². The van der Waals surface area contributed by atoms with E-state index in [0.29, 0.717) is 17.3 Å². The molecule has 0 fully saturated rings. The summed E-state index contributed by atoms with van der Waals surface area (Å²) in [7, 11) is 0. The second-order valence-electron chi connectivity index (χ2n) is 7.28. The third kappa shape index (κ3) is 3.69. The highest BCUT2D eigenvalue weighted by Crippen LogP contribution is 2.26. The van der Waals surface area contributed by atoms with Crippen molar-refractivity contribution < 1.29 is 4.79 Å². The maximum Gasteiger partial charge on any atom is 0.240 e. The van der Waals surface area contributed by atoms with E-state index in [2.05, 4.69) is 25.9 Å². The number of aromatic amines is 1. The number of benzene rings is 2. The van der Waals surface area contributed by atoms with Gasteiger partial charge in [0.15, 0.2) is 11.6 Å². The van der Waals surface area contributed by atoms with Gasteiger partial charge in [0.25, 0.3) is 0 Å². The van der Waals surface area contributed by atoms with Crippen molar-refractivity contribution in [3.05, 3.63) is 67.0 Å². The van der Waals surface area contributed by atoms with E-state index in [1.807, 2.05) is 54.7 Å². The molecule has 0 aliphatic heterocycles. The molecule has 0 saturated carbocycles. The zero-order valence-electron chi connectivity index (χ0n) is 16.7. The van der Waals surface area contributed by atoms with Gasteiger partial charge in [-0.1, -0.05) is 12.1 Å². The number of nitrogens with one attached hydrogen (secondary N) is 3. The van der Waals surface area contributed by atoms with Crippen molar-refractivity contribution in [1.29, 1.82) is 0 Å². The zero-order chi connectivity index (χ0) is 21.4. The molecule has 2 aromatic carbocycles. The molecule has 0 spiro atoms. The second kappa shape index (κ2) is 7.54. The molecule has 154 valence electrons. The van der Waals surface area contributed by atoms with E-state index >= 15 is 0 Å². The molecule has 5 N–H and O–H groups in total. The van der Waals surface area contributed by atoms with Gasteiger partial charge in [0.2, 0.25) is 5.91 Å². The molecular formula is C22H20N8O. The summed E-state index contributed by atoms with van der Waals surface area (Å²) in [6.45, 7) is 1.64. The van der Waals surface area contributed by atoms with Gasteiger partial charge in [0.05, 0.1) is 17.8 Å². The largest absolute Gasteiger partial charge is 0.338 e. The summed E-state index contributed by atoms with van der Waals surface area (Å²) in [4.78, 5) is 16.7. The number of carbonyl (C=O) groups is 1. The van der Waals surface area contributed by atoms with E-state index in [1.54, 1.807) is 23.7 Å². The smallest absolute Gasteiger partial charge is 0.240 e. The Kier molecular flexibility index (Phi) is 4.57. The number of amides is 1. The summed E-state index contributed by atoms with van der Waals surface area (Å²) in [6, 6.07) is 16.6. The fraction of sp³-hybridized carbons (Fsp3) is 0.0909. The molecule has 5 aromatic rings. The van der Waals surface area contributed by atoms with Crippen LogP contribution in [-0.4, -0.2) is 36.7 Å². The Labute approximate surface area is 177 Å². The van der Waals surface area contributed by atoms with Crippen molar-refractivity contribution in [1.82, 2.24) is 24.8 Å². The monoisotopic (exact) mass is 412 g/mol. The number of hydrogen-bond acceptors (Lipinski definition) is 6. The maximum absolute atomic E-state index is 11.9. The molecule has 0 bridgehead atoms. The molecule has 9 nitrogen and oxygen atoms in total. The van der Waals surface area contributed by atoms with Crippen LogP contribution in [0.15, 0.2) is 67.0 Å². The lowest BCUT2D eigenvalue weighted by Gasteiger charge is -2.12. The van der Waals surface area contributed by atoms with Crippen LogP contribution in [0.25, 0.3) is 27.8 Å². The molecular weight excluding hydrogens is 392 g/mol. The van der Waals surface area contributed by atoms with Crippen molar-refractivity contribution in [2.75, 3.05) is 10.6 Å². The molecule has 0 saturated heterocycles. The first kappa shape index (κ1) is 18.8. The molecule has 0 unspecified atom stereocenters. The minimum Gasteiger partial charge on any atom is -0.338 e. The Morgan fingerprint density at radius 3 is 2.90 bits per heavy atom. The number of nitrogens with two attached hydrogens (primary N) is 1. The fourth-order valence-corrected chi connectivity index (χ4v) is 3.30. The maximum atomic E-state index is 11.9. The lowest BCUT2D eigenvalue weighted by atomic mass is 10.2. The predicted molar refractivity (Wildman–Crippen MR) is 120 cm³/mol. The van der Waals surface area contributed by atoms with Crippen molar-refractivity contribution in [3.8, 4) is 11.4 Å². The lowest BCUT2D eigenvalue weighted by molar-refractivity contribution is -0.117. The molecule has 5 rings (SSSR count). The normalized spacial score (nSPS) is 12.2. The van der Waals surface area contributed by atoms with Gasteiger partial charge in [-0.2, -0.15) is 5.10 Å². The number of nitrogens with zero attached hydrogens (tertiary/aromatic N) is 4. The van der Waals surface area contributed by atoms with Crippen molar-refractivity contribution in [2.45, 2.75) is 13.0 Å². The third-order valence-electron chi connectivity index (χ3n) is 4.90. The minimum atomic E-state index is -0.598. The number of hydrogen-bond donors (Lipinski definition) is 4. The van der Waals surface area contributed by atoms with Crippen LogP contribution in [0.2, 0.25) is 0 Å². The summed E-state index contributed by atoms with van der Waals surface area (Å²) in [5.41, 5.74) is 9.75. The average molecular weight is 412 g/mol. The zero-order valence-corrected chi connectivity index (χ0v) is 16.7. The molecule has 0 aliphatic carbocycles. The van der Waals surface area contributed by atoms with E-state index in [0.717, 1.165) is 27.7 Å². The molecule has 31 heavy (non-hydrogen) atoms. The molecule has 0 aliphatic rings. The quantitative estimate of drug-likeness (QED) is 0.351. The third-order valence-corrected chi connectivity index (χ3v) is 4.90. The van der Waals surface area contributed by atoms with Gasteiger partial charge in [-0.05, 0) is 49.4 Å². The topological polar surface area (TPSA) is 126 Å². The Morgan fingerprint density at radius 1 is 1.13 bits per heavy atom. The Hall–Kier alpha value is -4.24. The van der Waals surface area contributed by atoms with E-state index in [9.17, 15) is 4.79 Å². The van der Waals surface area contributed by atoms with Gasteiger partial charge in [0, 0.05) is 28.5 Å². The van der Waals surface area contributed by atoms with E-state index < -0.39 is 6.04 Å². The van der Waals surface area contributed by atoms with Crippen molar-refractivity contribution in [3.63, 3.8) is 0 Å². The first-order valence-electron chi connectivity index (χ1n) is 9.79. The number of aromatic nitrogens is 5. The van der Waals surface area contributed by atoms with E-state index in [-0.39, 0.29) is 5.91 Å². The van der Waals surface area contributed by atoms with Gasteiger partial charge in [-0.15, -0.1) is 5.10 Å².